The summed E-state index contributed by atoms with van der Waals surface area (Å²) in [5.41, 5.74) is 7.51. The monoisotopic (exact) mass is 393 g/mol. The van der Waals surface area contributed by atoms with Gasteiger partial charge in [0.1, 0.15) is 22.8 Å². The highest BCUT2D eigenvalue weighted by atomic mass is 16.7. The van der Waals surface area contributed by atoms with Crippen LogP contribution in [0.15, 0.2) is 40.9 Å². The van der Waals surface area contributed by atoms with Gasteiger partial charge >= 0.3 is 5.97 Å². The predicted octanol–water partition coefficient (Wildman–Crippen LogP) is 4.27. The van der Waals surface area contributed by atoms with Crippen molar-refractivity contribution in [2.24, 2.45) is 0 Å². The number of nitrogens with zero attached hydrogens (tertiary/aromatic N) is 2. The number of nitrogen functional groups attached to an aromatic ring is 1. The van der Waals surface area contributed by atoms with Gasteiger partial charge in [-0.2, -0.15) is 4.98 Å². The lowest BCUT2D eigenvalue weighted by atomic mass is 10.1. The van der Waals surface area contributed by atoms with Crippen LogP contribution in [0.5, 0.6) is 17.2 Å². The minimum Gasteiger partial charge on any atom is -0.454 e. The van der Waals surface area contributed by atoms with Gasteiger partial charge in [0.05, 0.1) is 5.69 Å². The van der Waals surface area contributed by atoms with E-state index in [2.05, 4.69) is 10.1 Å². The molecule has 8 heteroatoms. The number of esters is 1. The second-order valence-electron chi connectivity index (χ2n) is 7.61. The van der Waals surface area contributed by atoms with E-state index in [4.69, 9.17) is 24.5 Å². The van der Waals surface area contributed by atoms with E-state index in [-0.39, 0.29) is 5.56 Å². The highest BCUT2D eigenvalue weighted by Gasteiger charge is 2.36. The van der Waals surface area contributed by atoms with Gasteiger partial charge in [-0.15, -0.1) is 0 Å². The average Bonchev–Trinajstić information content (AvgIpc) is 3.39. The number of ether oxygens (including phenoxy) is 3. The van der Waals surface area contributed by atoms with Crippen LogP contribution in [0.1, 0.15) is 48.9 Å². The van der Waals surface area contributed by atoms with Crippen molar-refractivity contribution < 1.29 is 23.5 Å². The lowest BCUT2D eigenvalue weighted by Crippen LogP contribution is -2.38. The summed E-state index contributed by atoms with van der Waals surface area (Å²) in [5, 5.41) is 4.02. The number of carbonyl (C=O) groups is 1. The lowest BCUT2D eigenvalue weighted by molar-refractivity contribution is -0.127. The zero-order valence-electron chi connectivity index (χ0n) is 16.0. The number of fused-ring (bicyclic) bond motifs is 1. The molecule has 0 unspecified atom stereocenters. The van der Waals surface area contributed by atoms with Crippen molar-refractivity contribution in [3.63, 3.8) is 0 Å². The Hall–Kier alpha value is -3.55. The Labute approximate surface area is 166 Å². The molecular weight excluding hydrogens is 374 g/mol. The first-order valence-corrected chi connectivity index (χ1v) is 9.36. The molecule has 148 valence electrons. The number of carbonyl (C=O) groups excluding carboxylic acids is 1. The minimum atomic E-state index is -1.03. The average molecular weight is 393 g/mol. The van der Waals surface area contributed by atoms with E-state index in [1.54, 1.807) is 50.2 Å². The van der Waals surface area contributed by atoms with Crippen LogP contribution in [-0.2, 0) is 4.74 Å². The largest absolute Gasteiger partial charge is 0.454 e. The van der Waals surface area contributed by atoms with E-state index >= 15 is 0 Å². The van der Waals surface area contributed by atoms with E-state index in [0.29, 0.717) is 40.6 Å². The Kier molecular flexibility index (Phi) is 3.77. The van der Waals surface area contributed by atoms with Crippen LogP contribution < -0.4 is 15.2 Å². The van der Waals surface area contributed by atoms with Gasteiger partial charge in [0.15, 0.2) is 0 Å². The van der Waals surface area contributed by atoms with Crippen LogP contribution >= 0.6 is 0 Å². The van der Waals surface area contributed by atoms with Crippen molar-refractivity contribution >= 4 is 11.7 Å². The molecule has 0 atom stereocenters. The molecule has 2 aliphatic rings. The van der Waals surface area contributed by atoms with Crippen LogP contribution in [-0.4, -0.2) is 21.9 Å². The number of benzene rings is 2. The van der Waals surface area contributed by atoms with Crippen molar-refractivity contribution in [3.05, 3.63) is 47.9 Å². The number of nitrogens with two attached hydrogens (primary N) is 1. The molecule has 1 aromatic heterocycles. The smallest absolute Gasteiger partial charge is 0.349 e. The lowest BCUT2D eigenvalue weighted by Gasteiger charge is -2.32. The van der Waals surface area contributed by atoms with Crippen molar-refractivity contribution in [1.82, 2.24) is 10.1 Å². The summed E-state index contributed by atoms with van der Waals surface area (Å²) in [6, 6.07) is 10.3. The molecule has 0 spiro atoms. The Morgan fingerprint density at radius 3 is 2.72 bits per heavy atom. The van der Waals surface area contributed by atoms with Crippen LogP contribution in [0.2, 0.25) is 0 Å². The fraction of sp³-hybridized carbons (Fsp3) is 0.286. The minimum absolute atomic E-state index is 0.225. The highest BCUT2D eigenvalue weighted by molar-refractivity contribution is 5.96. The van der Waals surface area contributed by atoms with Gasteiger partial charge in [0.25, 0.3) is 0 Å². The van der Waals surface area contributed by atoms with Crippen LogP contribution in [0.4, 0.5) is 5.69 Å². The van der Waals surface area contributed by atoms with E-state index in [1.807, 2.05) is 0 Å². The number of cyclic esters (lactones) is 1. The standard InChI is InChI=1S/C21H19N3O5/c1-21(2)27-16-5-3-4-15(17(16)20(25)28-21)26-14-9-8-12(10-13(14)22)18-23-19(29-24-18)11-6-7-11/h3-5,8-11H,6-7,22H2,1-2H3. The molecule has 1 aliphatic heterocycles. The van der Waals surface area contributed by atoms with Gasteiger partial charge in [-0.25, -0.2) is 4.79 Å². The maximum Gasteiger partial charge on any atom is 0.349 e. The van der Waals surface area contributed by atoms with Gasteiger partial charge in [-0.3, -0.25) is 0 Å². The first kappa shape index (κ1) is 17.5. The Balaban J connectivity index is 1.43. The summed E-state index contributed by atoms with van der Waals surface area (Å²) in [6.07, 6.45) is 2.17. The third-order valence-electron chi connectivity index (χ3n) is 4.74. The van der Waals surface area contributed by atoms with Crippen molar-refractivity contribution in [3.8, 4) is 28.6 Å². The molecule has 3 aromatic rings. The fourth-order valence-corrected chi connectivity index (χ4v) is 3.19. The number of hydrogen-bond acceptors (Lipinski definition) is 8. The second kappa shape index (κ2) is 6.23. The number of aromatic nitrogens is 2. The summed E-state index contributed by atoms with van der Waals surface area (Å²) in [5.74, 6) is 1.08. The SMILES string of the molecule is CC1(C)OC(=O)c2c(Oc3ccc(-c4noc(C5CC5)n4)cc3N)cccc2O1. The molecule has 1 saturated carbocycles. The molecule has 2 N–H and O–H groups in total. The van der Waals surface area contributed by atoms with E-state index < -0.39 is 11.8 Å². The maximum absolute atomic E-state index is 12.5. The molecule has 0 saturated heterocycles. The summed E-state index contributed by atoms with van der Waals surface area (Å²) in [6.45, 7) is 3.34. The van der Waals surface area contributed by atoms with Crippen molar-refractivity contribution in [1.29, 1.82) is 0 Å². The number of hydrogen-bond donors (Lipinski definition) is 1. The fourth-order valence-electron chi connectivity index (χ4n) is 3.19. The molecule has 0 bridgehead atoms. The third-order valence-corrected chi connectivity index (χ3v) is 4.74. The third kappa shape index (κ3) is 3.26. The molecule has 2 heterocycles. The normalized spacial score (nSPS) is 17.2. The first-order chi connectivity index (χ1) is 13.9. The van der Waals surface area contributed by atoms with E-state index in [9.17, 15) is 4.79 Å². The zero-order chi connectivity index (χ0) is 20.2. The van der Waals surface area contributed by atoms with Gasteiger partial charge in [-0.1, -0.05) is 11.2 Å². The number of rotatable bonds is 4. The molecule has 5 rings (SSSR count). The maximum atomic E-state index is 12.5. The summed E-state index contributed by atoms with van der Waals surface area (Å²) >= 11 is 0. The summed E-state index contributed by atoms with van der Waals surface area (Å²) < 4.78 is 22.3. The molecule has 0 amide bonds. The Bertz CT molecular complexity index is 1120. The van der Waals surface area contributed by atoms with Gasteiger partial charge < -0.3 is 24.5 Å². The van der Waals surface area contributed by atoms with Crippen LogP contribution in [0.25, 0.3) is 11.4 Å². The second-order valence-corrected chi connectivity index (χ2v) is 7.61. The molecule has 1 aliphatic carbocycles. The van der Waals surface area contributed by atoms with E-state index in [1.165, 1.54) is 0 Å². The van der Waals surface area contributed by atoms with Crippen LogP contribution in [0.3, 0.4) is 0 Å². The van der Waals surface area contributed by atoms with E-state index in [0.717, 1.165) is 18.4 Å². The first-order valence-electron chi connectivity index (χ1n) is 9.36. The highest BCUT2D eigenvalue weighted by Crippen LogP contribution is 2.41. The summed E-state index contributed by atoms with van der Waals surface area (Å²) in [7, 11) is 0. The molecule has 2 aromatic carbocycles. The predicted molar refractivity (Wildman–Crippen MR) is 103 cm³/mol. The van der Waals surface area contributed by atoms with Crippen molar-refractivity contribution in [2.45, 2.75) is 38.4 Å². The molecular formula is C21H19N3O5. The summed E-state index contributed by atoms with van der Waals surface area (Å²) in [4.78, 5) is 16.9. The van der Waals surface area contributed by atoms with Gasteiger partial charge in [-0.05, 0) is 43.2 Å². The Morgan fingerprint density at radius 1 is 1.14 bits per heavy atom. The zero-order valence-corrected chi connectivity index (χ0v) is 16.0. The van der Waals surface area contributed by atoms with Gasteiger partial charge in [0, 0.05) is 25.3 Å². The molecule has 29 heavy (non-hydrogen) atoms. The van der Waals surface area contributed by atoms with Crippen LogP contribution in [0, 0.1) is 0 Å². The quantitative estimate of drug-likeness (QED) is 0.517. The molecule has 0 radical (unpaired) electrons. The molecule has 8 nitrogen and oxygen atoms in total. The Morgan fingerprint density at radius 2 is 1.97 bits per heavy atom. The molecule has 1 fully saturated rings. The topological polar surface area (TPSA) is 110 Å². The number of anilines is 1. The van der Waals surface area contributed by atoms with Crippen molar-refractivity contribution in [2.75, 3.05) is 5.73 Å². The van der Waals surface area contributed by atoms with Gasteiger partial charge in [0.2, 0.25) is 17.5 Å².